The van der Waals surface area contributed by atoms with Gasteiger partial charge in [0.2, 0.25) is 0 Å². The van der Waals surface area contributed by atoms with E-state index < -0.39 is 0 Å². The van der Waals surface area contributed by atoms with Crippen LogP contribution in [0.4, 0.5) is 5.69 Å². The molecule has 0 atom stereocenters. The van der Waals surface area contributed by atoms with Crippen LogP contribution in [0, 0.1) is 29.2 Å². The molecule has 4 nitrogen and oxygen atoms in total. The molecule has 9 aromatic rings. The maximum absolute atomic E-state index is 10.4. The largest absolute Gasteiger partial charge is 0.309 e. The van der Waals surface area contributed by atoms with Gasteiger partial charge in [-0.2, -0.15) is 10.5 Å². The van der Waals surface area contributed by atoms with Crippen LogP contribution >= 0.6 is 0 Å². The van der Waals surface area contributed by atoms with Gasteiger partial charge in [0, 0.05) is 22.0 Å². The normalized spacial score (nSPS) is 11.1. The first-order chi connectivity index (χ1) is 25.2. The Morgan fingerprint density at radius 1 is 0.471 bits per heavy atom. The molecule has 0 amide bonds. The summed E-state index contributed by atoms with van der Waals surface area (Å²) in [6.45, 7) is 8.23. The van der Waals surface area contributed by atoms with Crippen LogP contribution in [0.25, 0.3) is 87.3 Å². The minimum atomic E-state index is 0.441. The zero-order valence-corrected chi connectivity index (χ0v) is 27.3. The fourth-order valence-electron chi connectivity index (χ4n) is 7.66. The van der Waals surface area contributed by atoms with E-state index in [4.69, 9.17) is 6.57 Å². The highest BCUT2D eigenvalue weighted by molar-refractivity contribution is 6.22. The van der Waals surface area contributed by atoms with Gasteiger partial charge in [0.15, 0.2) is 5.69 Å². The van der Waals surface area contributed by atoms with E-state index in [9.17, 15) is 10.5 Å². The fourth-order valence-corrected chi connectivity index (χ4v) is 7.66. The van der Waals surface area contributed by atoms with Crippen LogP contribution < -0.4 is 0 Å². The lowest BCUT2D eigenvalue weighted by molar-refractivity contribution is 1.18. The Kier molecular flexibility index (Phi) is 6.93. The summed E-state index contributed by atoms with van der Waals surface area (Å²) in [5, 5.41) is 26.4. The van der Waals surface area contributed by atoms with Crippen molar-refractivity contribution >= 4 is 49.0 Å². The van der Waals surface area contributed by atoms with Crippen LogP contribution in [0.5, 0.6) is 0 Å². The third kappa shape index (κ3) is 4.66. The summed E-state index contributed by atoms with van der Waals surface area (Å²) in [5.74, 6) is 0. The maximum atomic E-state index is 10.4. The van der Waals surface area contributed by atoms with Crippen molar-refractivity contribution < 1.29 is 0 Å². The predicted molar refractivity (Wildman–Crippen MR) is 208 cm³/mol. The van der Waals surface area contributed by atoms with Gasteiger partial charge in [0.25, 0.3) is 0 Å². The molecule has 8 aromatic carbocycles. The van der Waals surface area contributed by atoms with Gasteiger partial charge in [-0.3, -0.25) is 0 Å². The summed E-state index contributed by atoms with van der Waals surface area (Å²) in [5.41, 5.74) is 10.3. The number of benzene rings is 8. The van der Waals surface area contributed by atoms with E-state index in [1.807, 2.05) is 66.7 Å². The van der Waals surface area contributed by atoms with Crippen molar-refractivity contribution in [3.05, 3.63) is 180 Å². The third-order valence-corrected chi connectivity index (χ3v) is 9.88. The molecule has 0 aliphatic carbocycles. The van der Waals surface area contributed by atoms with Crippen LogP contribution in [0.2, 0.25) is 0 Å². The van der Waals surface area contributed by atoms with E-state index >= 15 is 0 Å². The number of fused-ring (bicyclic) bond motifs is 5. The average molecular weight is 647 g/mol. The highest BCUT2D eigenvalue weighted by atomic mass is 15.0. The van der Waals surface area contributed by atoms with Crippen molar-refractivity contribution in [1.82, 2.24) is 4.57 Å². The lowest BCUT2D eigenvalue weighted by Gasteiger charge is -2.19. The molecule has 1 heterocycles. The average Bonchev–Trinajstić information content (AvgIpc) is 3.53. The molecule has 0 spiro atoms. The molecule has 4 heteroatoms. The van der Waals surface area contributed by atoms with Gasteiger partial charge in [0.1, 0.15) is 0 Å². The van der Waals surface area contributed by atoms with Crippen LogP contribution in [0.1, 0.15) is 11.1 Å². The number of nitriles is 2. The minimum Gasteiger partial charge on any atom is -0.309 e. The standard InChI is InChI=1S/C47H26N4/c1-50-43-26-33(29-49)40(31-20-22-34(23-21-31)51-44-18-10-9-13-35(44)41-25-30(28-48)19-24-45(41)51)27-42(43)47-38-16-7-5-14-36(38)46(32-11-3-2-4-12-32)37-15-6-8-17-39(37)47/h2-27H. The number of para-hydroxylation sites is 1. The quantitative estimate of drug-likeness (QED) is 0.141. The molecule has 0 bridgehead atoms. The fraction of sp³-hybridized carbons (Fsp3) is 0. The predicted octanol–water partition coefficient (Wildman–Crippen LogP) is 12.4. The van der Waals surface area contributed by atoms with Gasteiger partial charge in [-0.25, -0.2) is 4.85 Å². The Morgan fingerprint density at radius 3 is 1.69 bits per heavy atom. The highest BCUT2D eigenvalue weighted by Crippen LogP contribution is 2.47. The Balaban J connectivity index is 1.26. The van der Waals surface area contributed by atoms with E-state index in [2.05, 4.69) is 106 Å². The zero-order chi connectivity index (χ0) is 34.5. The Hall–Kier alpha value is -7.45. The topological polar surface area (TPSA) is 56.9 Å². The van der Waals surface area contributed by atoms with Crippen LogP contribution in [0.3, 0.4) is 0 Å². The number of rotatable bonds is 4. The summed E-state index contributed by atoms with van der Waals surface area (Å²) in [6, 6.07) is 57.9. The smallest absolute Gasteiger partial charge is 0.196 e. The molecule has 1 aromatic heterocycles. The minimum absolute atomic E-state index is 0.441. The van der Waals surface area contributed by atoms with Gasteiger partial charge < -0.3 is 4.57 Å². The SMILES string of the molecule is [C-]#[N+]c1cc(C#N)c(-c2ccc(-n3c4ccccc4c4cc(C#N)ccc43)cc2)cc1-c1c2ccccc2c(-c2ccccc2)c2ccccc12. The summed E-state index contributed by atoms with van der Waals surface area (Å²) in [4.78, 5) is 3.98. The summed E-state index contributed by atoms with van der Waals surface area (Å²) in [7, 11) is 0. The van der Waals surface area contributed by atoms with Gasteiger partial charge in [-0.05, 0) is 97.4 Å². The molecule has 0 aliphatic heterocycles. The first-order valence-electron chi connectivity index (χ1n) is 16.7. The Labute approximate surface area is 294 Å². The number of nitrogens with zero attached hydrogens (tertiary/aromatic N) is 4. The second-order valence-corrected chi connectivity index (χ2v) is 12.6. The maximum Gasteiger partial charge on any atom is 0.196 e. The van der Waals surface area contributed by atoms with Crippen molar-refractivity contribution in [3.63, 3.8) is 0 Å². The molecule has 0 saturated heterocycles. The summed E-state index contributed by atoms with van der Waals surface area (Å²) < 4.78 is 2.21. The first kappa shape index (κ1) is 29.7. The van der Waals surface area contributed by atoms with Crippen molar-refractivity contribution in [1.29, 1.82) is 10.5 Å². The van der Waals surface area contributed by atoms with Gasteiger partial charge in [-0.1, -0.05) is 115 Å². The lowest BCUT2D eigenvalue weighted by Crippen LogP contribution is -1.95. The molecule has 9 rings (SSSR count). The van der Waals surface area contributed by atoms with Crippen molar-refractivity contribution in [2.24, 2.45) is 0 Å². The van der Waals surface area contributed by atoms with E-state index in [0.717, 1.165) is 82.4 Å². The molecular weight excluding hydrogens is 621 g/mol. The molecule has 234 valence electrons. The number of aromatic nitrogens is 1. The van der Waals surface area contributed by atoms with Crippen molar-refractivity contribution in [2.45, 2.75) is 0 Å². The third-order valence-electron chi connectivity index (χ3n) is 9.88. The van der Waals surface area contributed by atoms with E-state index in [-0.39, 0.29) is 0 Å². The van der Waals surface area contributed by atoms with Crippen LogP contribution in [0.15, 0.2) is 158 Å². The van der Waals surface area contributed by atoms with Gasteiger partial charge in [0.05, 0.1) is 35.3 Å². The van der Waals surface area contributed by atoms with Crippen molar-refractivity contribution in [2.75, 3.05) is 0 Å². The second-order valence-electron chi connectivity index (χ2n) is 12.6. The molecule has 0 fully saturated rings. The summed E-state index contributed by atoms with van der Waals surface area (Å²) in [6.07, 6.45) is 0. The van der Waals surface area contributed by atoms with Crippen LogP contribution in [-0.2, 0) is 0 Å². The number of hydrogen-bond donors (Lipinski definition) is 0. The monoisotopic (exact) mass is 646 g/mol. The molecule has 0 radical (unpaired) electrons. The molecular formula is C47H26N4. The van der Waals surface area contributed by atoms with E-state index in [0.29, 0.717) is 16.8 Å². The number of hydrogen-bond acceptors (Lipinski definition) is 2. The first-order valence-corrected chi connectivity index (χ1v) is 16.7. The van der Waals surface area contributed by atoms with Crippen LogP contribution in [-0.4, -0.2) is 4.57 Å². The molecule has 0 aliphatic rings. The Bertz CT molecular complexity index is 2930. The van der Waals surface area contributed by atoms with Crippen molar-refractivity contribution in [3.8, 4) is 51.2 Å². The second kappa shape index (κ2) is 11.9. The van der Waals surface area contributed by atoms with Gasteiger partial charge in [-0.15, -0.1) is 0 Å². The van der Waals surface area contributed by atoms with E-state index in [1.165, 1.54) is 0 Å². The van der Waals surface area contributed by atoms with Gasteiger partial charge >= 0.3 is 0 Å². The van der Waals surface area contributed by atoms with E-state index in [1.54, 1.807) is 6.07 Å². The Morgan fingerprint density at radius 2 is 1.06 bits per heavy atom. The molecule has 0 unspecified atom stereocenters. The summed E-state index contributed by atoms with van der Waals surface area (Å²) >= 11 is 0. The molecule has 51 heavy (non-hydrogen) atoms. The lowest BCUT2D eigenvalue weighted by atomic mass is 9.84. The zero-order valence-electron chi connectivity index (χ0n) is 27.3. The highest BCUT2D eigenvalue weighted by Gasteiger charge is 2.21. The molecule has 0 saturated carbocycles. The molecule has 0 N–H and O–H groups in total.